The van der Waals surface area contributed by atoms with E-state index in [0.717, 1.165) is 0 Å². The molecule has 0 aromatic carbocycles. The summed E-state index contributed by atoms with van der Waals surface area (Å²) in [6.45, 7) is -1.26. The van der Waals surface area contributed by atoms with Crippen molar-refractivity contribution in [3.63, 3.8) is 0 Å². The molecule has 0 radical (unpaired) electrons. The number of halogens is 3. The molecule has 0 spiro atoms. The van der Waals surface area contributed by atoms with Crippen LogP contribution in [-0.4, -0.2) is 74.3 Å². The van der Waals surface area contributed by atoms with E-state index in [9.17, 15) is 20.1 Å². The summed E-state index contributed by atoms with van der Waals surface area (Å²) in [6.07, 6.45) is -9.14. The molecule has 20 heavy (non-hydrogen) atoms. The number of carbonyl (C=O) groups excluding carboxylic acids is 1. The molecular weight excluding hydrogens is 342 g/mol. The molecule has 11 heteroatoms. The third-order valence-corrected chi connectivity index (χ3v) is 2.74. The van der Waals surface area contributed by atoms with Gasteiger partial charge in [-0.2, -0.15) is 0 Å². The van der Waals surface area contributed by atoms with Gasteiger partial charge in [-0.25, -0.2) is 4.79 Å². The summed E-state index contributed by atoms with van der Waals surface area (Å²) in [6, 6.07) is 0. The first kappa shape index (κ1) is 18.0. The number of alkyl halides is 3. The normalized spacial score (nSPS) is 34.6. The smallest absolute Gasteiger partial charge is 0.430 e. The Morgan fingerprint density at radius 3 is 2.25 bits per heavy atom. The average Bonchev–Trinajstić information content (AvgIpc) is 2.36. The van der Waals surface area contributed by atoms with Crippen LogP contribution in [0.1, 0.15) is 0 Å². The van der Waals surface area contributed by atoms with Crippen LogP contribution in [0.15, 0.2) is 0 Å². The van der Waals surface area contributed by atoms with E-state index in [1.807, 2.05) is 0 Å². The van der Waals surface area contributed by atoms with E-state index >= 15 is 0 Å². The summed E-state index contributed by atoms with van der Waals surface area (Å²) >= 11 is 16.0. The number of aliphatic hydroxyl groups is 4. The molecule has 8 nitrogen and oxygen atoms in total. The summed E-state index contributed by atoms with van der Waals surface area (Å²) < 4.78 is 12.1. The highest BCUT2D eigenvalue weighted by Gasteiger charge is 2.45. The topological polar surface area (TPSA) is 126 Å². The number of aliphatic hydroxyl groups excluding tert-OH is 4. The number of carbonyl (C=O) groups is 1. The number of hydrogen-bond donors (Lipinski definition) is 4. The van der Waals surface area contributed by atoms with Crippen LogP contribution >= 0.6 is 34.8 Å². The van der Waals surface area contributed by atoms with Crippen LogP contribution in [0.2, 0.25) is 0 Å². The zero-order chi connectivity index (χ0) is 15.5. The van der Waals surface area contributed by atoms with Crippen LogP contribution in [0.3, 0.4) is 0 Å². The lowest BCUT2D eigenvalue weighted by atomic mass is 9.99. The molecule has 0 aromatic rings. The third kappa shape index (κ3) is 5.05. The minimum atomic E-state index is -1.84. The van der Waals surface area contributed by atoms with Gasteiger partial charge in [-0.1, -0.05) is 34.8 Å². The van der Waals surface area contributed by atoms with E-state index in [1.54, 1.807) is 0 Å². The summed E-state index contributed by atoms with van der Waals surface area (Å²) in [7, 11) is 0. The number of ether oxygens (including phenoxy) is 3. The predicted molar refractivity (Wildman–Crippen MR) is 66.5 cm³/mol. The summed E-state index contributed by atoms with van der Waals surface area (Å²) in [5.41, 5.74) is 0. The second-order valence-electron chi connectivity index (χ2n) is 3.97. The van der Waals surface area contributed by atoms with E-state index in [2.05, 4.69) is 9.47 Å². The highest BCUT2D eigenvalue weighted by Crippen LogP contribution is 2.27. The SMILES string of the molecule is O=C(OCC(Cl)(Cl)Cl)O[C@H]1O[C@H](CO)[C@@H](O)[C@H](O)[C@H]1O. The van der Waals surface area contributed by atoms with Crippen molar-refractivity contribution in [3.05, 3.63) is 0 Å². The first-order valence-corrected chi connectivity index (χ1v) is 6.49. The maximum Gasteiger partial charge on any atom is 0.510 e. The van der Waals surface area contributed by atoms with Crippen molar-refractivity contribution in [2.24, 2.45) is 0 Å². The molecule has 118 valence electrons. The zero-order valence-corrected chi connectivity index (χ0v) is 12.1. The zero-order valence-electron chi connectivity index (χ0n) is 9.86. The van der Waals surface area contributed by atoms with Gasteiger partial charge in [0.15, 0.2) is 0 Å². The van der Waals surface area contributed by atoms with Crippen LogP contribution < -0.4 is 0 Å². The minimum absolute atomic E-state index is 0.603. The van der Waals surface area contributed by atoms with E-state index < -0.39 is 53.9 Å². The molecule has 1 heterocycles. The fraction of sp³-hybridized carbons (Fsp3) is 0.889. The Kier molecular flexibility index (Phi) is 6.55. The molecule has 1 aliphatic heterocycles. The molecule has 0 saturated carbocycles. The molecule has 1 fully saturated rings. The molecular formula is C9H13Cl3O8. The molecule has 1 saturated heterocycles. The second kappa shape index (κ2) is 7.28. The van der Waals surface area contributed by atoms with Crippen molar-refractivity contribution in [2.75, 3.05) is 13.2 Å². The molecule has 5 atom stereocenters. The Labute approximate surface area is 128 Å². The monoisotopic (exact) mass is 354 g/mol. The minimum Gasteiger partial charge on any atom is -0.430 e. The van der Waals surface area contributed by atoms with Crippen LogP contribution in [-0.2, 0) is 14.2 Å². The van der Waals surface area contributed by atoms with Crippen molar-refractivity contribution in [1.82, 2.24) is 0 Å². The Balaban J connectivity index is 2.55. The molecule has 1 aliphatic rings. The molecule has 0 amide bonds. The quantitative estimate of drug-likeness (QED) is 0.387. The maximum atomic E-state index is 11.3. The fourth-order valence-corrected chi connectivity index (χ4v) is 1.60. The Morgan fingerprint density at radius 1 is 1.15 bits per heavy atom. The third-order valence-electron chi connectivity index (χ3n) is 2.41. The largest absolute Gasteiger partial charge is 0.510 e. The van der Waals surface area contributed by atoms with Crippen LogP contribution in [0.25, 0.3) is 0 Å². The molecule has 0 aromatic heterocycles. The molecule has 0 aliphatic carbocycles. The van der Waals surface area contributed by atoms with Gasteiger partial charge in [0.2, 0.25) is 10.1 Å². The lowest BCUT2D eigenvalue weighted by Gasteiger charge is -2.38. The predicted octanol–water partition coefficient (Wildman–Crippen LogP) is -0.690. The first-order valence-electron chi connectivity index (χ1n) is 5.36. The van der Waals surface area contributed by atoms with Crippen molar-refractivity contribution < 1.29 is 39.4 Å². The Morgan fingerprint density at radius 2 is 1.75 bits per heavy atom. The fourth-order valence-electron chi connectivity index (χ4n) is 1.43. The van der Waals surface area contributed by atoms with E-state index in [0.29, 0.717) is 0 Å². The maximum absolute atomic E-state index is 11.3. The van der Waals surface area contributed by atoms with Gasteiger partial charge in [-0.15, -0.1) is 0 Å². The Hall–Kier alpha value is -0.0600. The second-order valence-corrected chi connectivity index (χ2v) is 6.49. The number of hydrogen-bond acceptors (Lipinski definition) is 8. The average molecular weight is 356 g/mol. The van der Waals surface area contributed by atoms with Gasteiger partial charge in [-0.3, -0.25) is 0 Å². The van der Waals surface area contributed by atoms with Gasteiger partial charge >= 0.3 is 6.16 Å². The van der Waals surface area contributed by atoms with Crippen LogP contribution in [0.5, 0.6) is 0 Å². The van der Waals surface area contributed by atoms with E-state index in [1.165, 1.54) is 0 Å². The Bertz CT molecular complexity index is 334. The molecule has 1 rings (SSSR count). The number of rotatable bonds is 3. The lowest BCUT2D eigenvalue weighted by molar-refractivity contribution is -0.288. The standard InChI is InChI=1S/C9H13Cl3O8/c10-9(11,12)2-18-8(17)20-7-6(16)5(15)4(14)3(1-13)19-7/h3-7,13-16H,1-2H2/t3-,4-,5+,6-,7-/m1/s1. The van der Waals surface area contributed by atoms with Gasteiger partial charge in [0.05, 0.1) is 6.61 Å². The van der Waals surface area contributed by atoms with Gasteiger partial charge < -0.3 is 34.6 Å². The molecule has 4 N–H and O–H groups in total. The van der Waals surface area contributed by atoms with Crippen LogP contribution in [0, 0.1) is 0 Å². The van der Waals surface area contributed by atoms with Gasteiger partial charge in [0.1, 0.15) is 31.0 Å². The first-order chi connectivity index (χ1) is 9.15. The van der Waals surface area contributed by atoms with Gasteiger partial charge in [0.25, 0.3) is 0 Å². The highest BCUT2D eigenvalue weighted by atomic mass is 35.6. The lowest BCUT2D eigenvalue weighted by Crippen LogP contribution is -2.59. The van der Waals surface area contributed by atoms with E-state index in [4.69, 9.17) is 44.6 Å². The van der Waals surface area contributed by atoms with Crippen molar-refractivity contribution in [2.45, 2.75) is 34.5 Å². The van der Waals surface area contributed by atoms with Crippen molar-refractivity contribution in [3.8, 4) is 0 Å². The van der Waals surface area contributed by atoms with Crippen molar-refractivity contribution in [1.29, 1.82) is 0 Å². The highest BCUT2D eigenvalue weighted by molar-refractivity contribution is 6.67. The van der Waals surface area contributed by atoms with Crippen molar-refractivity contribution >= 4 is 41.0 Å². The van der Waals surface area contributed by atoms with E-state index in [-0.39, 0.29) is 0 Å². The summed E-state index contributed by atoms with van der Waals surface area (Å²) in [4.78, 5) is 11.3. The van der Waals surface area contributed by atoms with Gasteiger partial charge in [0, 0.05) is 0 Å². The van der Waals surface area contributed by atoms with Crippen LogP contribution in [0.4, 0.5) is 4.79 Å². The molecule has 0 bridgehead atoms. The molecule has 0 unspecified atom stereocenters. The van der Waals surface area contributed by atoms with Gasteiger partial charge in [-0.05, 0) is 0 Å². The summed E-state index contributed by atoms with van der Waals surface area (Å²) in [5, 5.41) is 37.5. The summed E-state index contributed by atoms with van der Waals surface area (Å²) in [5.74, 6) is 0.